The van der Waals surface area contributed by atoms with E-state index in [1.54, 1.807) is 19.2 Å². The monoisotopic (exact) mass is 706 g/mol. The SMILES string of the molecule is C=C[C@@H]1C[C@]1(CC(=O)C1CC(Oc2nccc3cc(C)ccc23)CN1C(=O)[C@@H](C)CCC(=O)N1C[C@@H]2C[C@@H]1C(=O)O2)C(=O)NS(=O)(=O)C1CC1. The van der Waals surface area contributed by atoms with Crippen LogP contribution in [0.2, 0.25) is 0 Å². The van der Waals surface area contributed by atoms with E-state index in [1.807, 2.05) is 31.2 Å². The average Bonchev–Trinajstić information content (AvgIpc) is 3.94. The van der Waals surface area contributed by atoms with Gasteiger partial charge in [-0.2, -0.15) is 0 Å². The molecule has 3 amide bonds. The van der Waals surface area contributed by atoms with Crippen LogP contribution in [0.15, 0.2) is 43.1 Å². The third-order valence-electron chi connectivity index (χ3n) is 11.0. The molecule has 5 aliphatic rings. The predicted molar refractivity (Wildman–Crippen MR) is 180 cm³/mol. The number of nitrogens with one attached hydrogen (secondary N) is 1. The summed E-state index contributed by atoms with van der Waals surface area (Å²) in [4.78, 5) is 74.2. The van der Waals surface area contributed by atoms with Gasteiger partial charge < -0.3 is 19.3 Å². The number of nitrogens with zero attached hydrogens (tertiary/aromatic N) is 3. The van der Waals surface area contributed by atoms with Gasteiger partial charge in [-0.25, -0.2) is 18.2 Å². The lowest BCUT2D eigenvalue weighted by molar-refractivity contribution is -0.157. The molecule has 5 fully saturated rings. The van der Waals surface area contributed by atoms with E-state index in [0.717, 1.165) is 16.3 Å². The molecular weight excluding hydrogens is 664 g/mol. The number of benzene rings is 1. The molecule has 0 spiro atoms. The highest BCUT2D eigenvalue weighted by Crippen LogP contribution is 2.57. The van der Waals surface area contributed by atoms with Crippen molar-refractivity contribution in [2.24, 2.45) is 17.3 Å². The van der Waals surface area contributed by atoms with E-state index in [4.69, 9.17) is 9.47 Å². The molecule has 7 rings (SSSR count). The van der Waals surface area contributed by atoms with Gasteiger partial charge in [-0.3, -0.25) is 23.9 Å². The van der Waals surface area contributed by atoms with Crippen LogP contribution in [0.5, 0.6) is 5.88 Å². The number of esters is 1. The molecule has 2 aromatic rings. The van der Waals surface area contributed by atoms with Crippen LogP contribution in [0.3, 0.4) is 0 Å². The molecule has 2 bridgehead atoms. The Balaban J connectivity index is 1.08. The molecule has 7 atom stereocenters. The normalized spacial score (nSPS) is 29.1. The maximum Gasteiger partial charge on any atom is 0.329 e. The first-order chi connectivity index (χ1) is 23.8. The number of Topliss-reactive ketones (excluding diaryl/α,β-unsaturated/α-hetero) is 1. The van der Waals surface area contributed by atoms with Crippen molar-refractivity contribution in [1.29, 1.82) is 0 Å². The first-order valence-electron chi connectivity index (χ1n) is 17.3. The number of hydrogen-bond acceptors (Lipinski definition) is 10. The van der Waals surface area contributed by atoms with Crippen LogP contribution in [0.1, 0.15) is 63.9 Å². The maximum absolute atomic E-state index is 14.2. The van der Waals surface area contributed by atoms with E-state index < -0.39 is 56.7 Å². The first kappa shape index (κ1) is 34.1. The summed E-state index contributed by atoms with van der Waals surface area (Å²) in [7, 11) is -3.83. The maximum atomic E-state index is 14.2. The summed E-state index contributed by atoms with van der Waals surface area (Å²) in [6.45, 7) is 7.92. The van der Waals surface area contributed by atoms with Gasteiger partial charge in [-0.15, -0.1) is 6.58 Å². The first-order valence-corrected chi connectivity index (χ1v) is 18.9. The van der Waals surface area contributed by atoms with Gasteiger partial charge in [0.1, 0.15) is 18.2 Å². The Kier molecular flexibility index (Phi) is 8.72. The largest absolute Gasteiger partial charge is 0.472 e. The summed E-state index contributed by atoms with van der Waals surface area (Å²) in [5.74, 6) is -2.69. The Morgan fingerprint density at radius 1 is 1.16 bits per heavy atom. The number of likely N-dealkylation sites (tertiary alicyclic amines) is 2. The van der Waals surface area contributed by atoms with E-state index in [9.17, 15) is 32.4 Å². The minimum atomic E-state index is -3.83. The smallest absolute Gasteiger partial charge is 0.329 e. The lowest BCUT2D eigenvalue weighted by atomic mass is 9.91. The lowest BCUT2D eigenvalue weighted by Crippen LogP contribution is -2.46. The molecule has 1 aromatic carbocycles. The zero-order chi connectivity index (χ0) is 35.5. The number of fused-ring (bicyclic) bond motifs is 3. The quantitative estimate of drug-likeness (QED) is 0.241. The summed E-state index contributed by atoms with van der Waals surface area (Å²) in [6.07, 6.45) is 4.22. The molecule has 1 aromatic heterocycles. The molecule has 2 unspecified atom stereocenters. The van der Waals surface area contributed by atoms with Gasteiger partial charge in [0, 0.05) is 43.2 Å². The van der Waals surface area contributed by atoms with E-state index in [0.29, 0.717) is 31.7 Å². The van der Waals surface area contributed by atoms with Crippen molar-refractivity contribution in [2.75, 3.05) is 13.1 Å². The molecule has 13 nitrogen and oxygen atoms in total. The highest BCUT2D eigenvalue weighted by molar-refractivity contribution is 7.90. The summed E-state index contributed by atoms with van der Waals surface area (Å²) < 4.78 is 39.1. The summed E-state index contributed by atoms with van der Waals surface area (Å²) in [5, 5.41) is 1.12. The molecule has 50 heavy (non-hydrogen) atoms. The standard InChI is InChI=1S/C36H42N4O9S/c1-4-23-16-36(23,35(45)38-50(46,47)26-7-8-26)17-30(41)28-14-24(48-32-27-9-5-20(2)13-22(27)11-12-37-32)19-40(28)33(43)21(3)6-10-31(42)39-18-25-15-29(39)34(44)49-25/h4-5,9,11-13,21,23-26,28-29H,1,6-8,10,14-19H2,2-3H3,(H,38,45)/t21-,23+,24?,25-,28?,29+,36+/m0/s1. The van der Waals surface area contributed by atoms with Crippen LogP contribution in [0.25, 0.3) is 10.8 Å². The number of aromatic nitrogens is 1. The number of ether oxygens (including phenoxy) is 2. The second-order valence-electron chi connectivity index (χ2n) is 14.6. The van der Waals surface area contributed by atoms with Gasteiger partial charge in [0.15, 0.2) is 5.78 Å². The number of carbonyl (C=O) groups is 5. The molecule has 1 N–H and O–H groups in total. The van der Waals surface area contributed by atoms with Gasteiger partial charge in [-0.05, 0) is 56.0 Å². The third-order valence-corrected chi connectivity index (χ3v) is 12.8. The second kappa shape index (κ2) is 12.8. The Morgan fingerprint density at radius 2 is 1.94 bits per heavy atom. The number of ketones is 1. The van der Waals surface area contributed by atoms with Gasteiger partial charge in [0.2, 0.25) is 33.6 Å². The number of pyridine rings is 1. The summed E-state index contributed by atoms with van der Waals surface area (Å²) in [6, 6.07) is 6.24. The van der Waals surface area contributed by atoms with Crippen LogP contribution in [0.4, 0.5) is 0 Å². The van der Waals surface area contributed by atoms with Crippen LogP contribution >= 0.6 is 0 Å². The fourth-order valence-corrected chi connectivity index (χ4v) is 9.16. The topological polar surface area (TPSA) is 169 Å². The van der Waals surface area contributed by atoms with Gasteiger partial charge in [-0.1, -0.05) is 30.7 Å². The molecule has 0 radical (unpaired) electrons. The molecule has 3 saturated heterocycles. The van der Waals surface area contributed by atoms with Crippen LogP contribution in [-0.4, -0.2) is 95.3 Å². The molecule has 266 valence electrons. The minimum Gasteiger partial charge on any atom is -0.472 e. The number of aryl methyl sites for hydroxylation is 1. The Bertz CT molecular complexity index is 1890. The second-order valence-corrected chi connectivity index (χ2v) is 16.6. The number of rotatable bonds is 13. The molecule has 14 heteroatoms. The average molecular weight is 707 g/mol. The van der Waals surface area contributed by atoms with E-state index >= 15 is 0 Å². The van der Waals surface area contributed by atoms with E-state index in [1.165, 1.54) is 9.80 Å². The zero-order valence-electron chi connectivity index (χ0n) is 28.2. The number of morpholine rings is 1. The molecule has 2 saturated carbocycles. The molecule has 4 heterocycles. The van der Waals surface area contributed by atoms with Crippen LogP contribution in [0, 0.1) is 24.2 Å². The molecule has 2 aliphatic carbocycles. The van der Waals surface area contributed by atoms with Crippen molar-refractivity contribution >= 4 is 50.3 Å². The number of sulfonamides is 1. The van der Waals surface area contributed by atoms with Gasteiger partial charge in [0.05, 0.1) is 29.8 Å². The number of amides is 3. The molecular formula is C36H42N4O9S. The highest BCUT2D eigenvalue weighted by atomic mass is 32.2. The minimum absolute atomic E-state index is 0.0505. The summed E-state index contributed by atoms with van der Waals surface area (Å²) in [5.41, 5.74) is -0.193. The predicted octanol–water partition coefficient (Wildman–Crippen LogP) is 2.59. The van der Waals surface area contributed by atoms with Crippen molar-refractivity contribution in [1.82, 2.24) is 19.5 Å². The Hall–Kier alpha value is -4.33. The Morgan fingerprint density at radius 3 is 2.62 bits per heavy atom. The number of allylic oxidation sites excluding steroid dienone is 1. The van der Waals surface area contributed by atoms with Crippen LogP contribution in [-0.2, 0) is 38.7 Å². The van der Waals surface area contributed by atoms with Gasteiger partial charge in [0.25, 0.3) is 0 Å². The van der Waals surface area contributed by atoms with E-state index in [2.05, 4.69) is 16.3 Å². The number of carbonyl (C=O) groups excluding carboxylic acids is 5. The number of hydrogen-bond donors (Lipinski definition) is 1. The van der Waals surface area contributed by atoms with Crippen molar-refractivity contribution < 1.29 is 41.9 Å². The van der Waals surface area contributed by atoms with Crippen molar-refractivity contribution in [2.45, 2.75) is 94.8 Å². The summed E-state index contributed by atoms with van der Waals surface area (Å²) >= 11 is 0. The third kappa shape index (κ3) is 6.38. The fourth-order valence-electron chi connectivity index (χ4n) is 7.78. The Labute approximate surface area is 290 Å². The van der Waals surface area contributed by atoms with Crippen LogP contribution < -0.4 is 9.46 Å². The molecule has 3 aliphatic heterocycles. The zero-order valence-corrected chi connectivity index (χ0v) is 29.0. The fraction of sp³-hybridized carbons (Fsp3) is 0.556. The van der Waals surface area contributed by atoms with E-state index in [-0.39, 0.29) is 68.3 Å². The van der Waals surface area contributed by atoms with Crippen molar-refractivity contribution in [3.63, 3.8) is 0 Å². The highest BCUT2D eigenvalue weighted by Gasteiger charge is 2.61. The van der Waals surface area contributed by atoms with Crippen molar-refractivity contribution in [3.8, 4) is 5.88 Å². The lowest BCUT2D eigenvalue weighted by Gasteiger charge is -2.28. The van der Waals surface area contributed by atoms with Gasteiger partial charge >= 0.3 is 5.97 Å². The van der Waals surface area contributed by atoms with Crippen molar-refractivity contribution in [3.05, 3.63) is 48.7 Å².